The van der Waals surface area contributed by atoms with Crippen molar-refractivity contribution in [2.45, 2.75) is 51.4 Å². The monoisotopic (exact) mass is 350 g/mol. The van der Waals surface area contributed by atoms with E-state index in [0.717, 1.165) is 36.4 Å². The van der Waals surface area contributed by atoms with Gasteiger partial charge in [0, 0.05) is 23.5 Å². The van der Waals surface area contributed by atoms with E-state index < -0.39 is 11.7 Å². The van der Waals surface area contributed by atoms with Crippen LogP contribution in [0.25, 0.3) is 0 Å². The first-order valence-corrected chi connectivity index (χ1v) is 8.47. The second-order valence-electron chi connectivity index (χ2n) is 6.63. The molecule has 0 bridgehead atoms. The minimum absolute atomic E-state index is 0.152. The Morgan fingerprint density at radius 3 is 2.32 bits per heavy atom. The normalized spacial score (nSPS) is 15.5. The fraction of sp³-hybridized carbons (Fsp3) is 0.421. The van der Waals surface area contributed by atoms with Crippen LogP contribution < -0.4 is 10.9 Å². The number of aryl methyl sites for hydroxylation is 1. The molecule has 0 saturated heterocycles. The molecule has 0 amide bonds. The highest BCUT2D eigenvalue weighted by atomic mass is 19.4. The Balaban J connectivity index is 1.77. The summed E-state index contributed by atoms with van der Waals surface area (Å²) in [6.45, 7) is 2.10. The Labute approximate surface area is 144 Å². The quantitative estimate of drug-likeness (QED) is 0.876. The Kier molecular flexibility index (Phi) is 4.88. The van der Waals surface area contributed by atoms with Gasteiger partial charge in [0.05, 0.1) is 12.1 Å². The van der Waals surface area contributed by atoms with Crippen LogP contribution in [-0.4, -0.2) is 10.6 Å². The van der Waals surface area contributed by atoms with Gasteiger partial charge in [-0.2, -0.15) is 13.2 Å². The summed E-state index contributed by atoms with van der Waals surface area (Å²) in [5.41, 5.74) is 1.43. The molecule has 25 heavy (non-hydrogen) atoms. The number of pyridine rings is 1. The Hall–Kier alpha value is -2.24. The van der Waals surface area contributed by atoms with E-state index >= 15 is 0 Å². The number of benzene rings is 1. The first kappa shape index (κ1) is 17.6. The van der Waals surface area contributed by atoms with Crippen molar-refractivity contribution in [3.8, 4) is 0 Å². The first-order valence-electron chi connectivity index (χ1n) is 8.47. The van der Waals surface area contributed by atoms with Crippen molar-refractivity contribution in [1.29, 1.82) is 0 Å². The Bertz CT molecular complexity index is 788. The molecule has 2 aromatic rings. The van der Waals surface area contributed by atoms with Gasteiger partial charge in [-0.3, -0.25) is 4.79 Å². The number of nitrogens with zero attached hydrogens (tertiary/aromatic N) is 1. The number of nitrogens with one attached hydrogen (secondary N) is 1. The molecule has 1 saturated carbocycles. The van der Waals surface area contributed by atoms with Crippen LogP contribution in [0.1, 0.15) is 42.5 Å². The molecule has 1 aromatic carbocycles. The van der Waals surface area contributed by atoms with Crippen LogP contribution in [0.15, 0.2) is 41.2 Å². The van der Waals surface area contributed by atoms with E-state index in [1.54, 1.807) is 10.6 Å². The number of aromatic nitrogens is 1. The standard InChI is InChI=1S/C19H21F3N2O/c1-13-10-17(23-16-4-2-3-5-16)11-18(25)24(13)12-14-6-8-15(9-7-14)19(20,21)22/h6-11,16,23H,2-5,12H2,1H3. The van der Waals surface area contributed by atoms with Gasteiger partial charge >= 0.3 is 6.18 Å². The number of rotatable bonds is 4. The average Bonchev–Trinajstić information content (AvgIpc) is 3.03. The second-order valence-corrected chi connectivity index (χ2v) is 6.63. The minimum atomic E-state index is -4.35. The lowest BCUT2D eigenvalue weighted by molar-refractivity contribution is -0.137. The molecule has 3 nitrogen and oxygen atoms in total. The predicted octanol–water partition coefficient (Wildman–Crippen LogP) is 4.58. The molecule has 0 radical (unpaired) electrons. The lowest BCUT2D eigenvalue weighted by Gasteiger charge is -2.16. The maximum atomic E-state index is 12.6. The van der Waals surface area contributed by atoms with Gasteiger partial charge in [0.25, 0.3) is 5.56 Å². The van der Waals surface area contributed by atoms with Crippen molar-refractivity contribution >= 4 is 5.69 Å². The van der Waals surface area contributed by atoms with Gasteiger partial charge < -0.3 is 9.88 Å². The largest absolute Gasteiger partial charge is 0.416 e. The zero-order valence-corrected chi connectivity index (χ0v) is 14.1. The van der Waals surface area contributed by atoms with Crippen LogP contribution in [0.5, 0.6) is 0 Å². The smallest absolute Gasteiger partial charge is 0.382 e. The zero-order chi connectivity index (χ0) is 18.0. The molecule has 1 N–H and O–H groups in total. The molecule has 134 valence electrons. The molecule has 0 unspecified atom stereocenters. The fourth-order valence-electron chi connectivity index (χ4n) is 3.30. The fourth-order valence-corrected chi connectivity index (χ4v) is 3.30. The van der Waals surface area contributed by atoms with Crippen LogP contribution in [0.2, 0.25) is 0 Å². The lowest BCUT2D eigenvalue weighted by atomic mass is 10.1. The zero-order valence-electron chi connectivity index (χ0n) is 14.1. The molecule has 1 aliphatic rings. The van der Waals surface area contributed by atoms with E-state index in [0.29, 0.717) is 11.6 Å². The average molecular weight is 350 g/mol. The topological polar surface area (TPSA) is 34.0 Å². The van der Waals surface area contributed by atoms with Crippen molar-refractivity contribution in [2.24, 2.45) is 0 Å². The van der Waals surface area contributed by atoms with Crippen LogP contribution in [0.4, 0.5) is 18.9 Å². The van der Waals surface area contributed by atoms with E-state index in [1.165, 1.54) is 25.0 Å². The second kappa shape index (κ2) is 6.94. The van der Waals surface area contributed by atoms with E-state index in [4.69, 9.17) is 0 Å². The van der Waals surface area contributed by atoms with Gasteiger partial charge in [-0.15, -0.1) is 0 Å². The number of alkyl halides is 3. The summed E-state index contributed by atoms with van der Waals surface area (Å²) in [7, 11) is 0. The summed E-state index contributed by atoms with van der Waals surface area (Å²) in [6, 6.07) is 8.83. The number of hydrogen-bond donors (Lipinski definition) is 1. The van der Waals surface area contributed by atoms with Crippen molar-refractivity contribution in [3.05, 3.63) is 63.6 Å². The molecule has 0 spiro atoms. The van der Waals surface area contributed by atoms with Crippen molar-refractivity contribution in [3.63, 3.8) is 0 Å². The van der Waals surface area contributed by atoms with Crippen LogP contribution >= 0.6 is 0 Å². The summed E-state index contributed by atoms with van der Waals surface area (Å²) >= 11 is 0. The van der Waals surface area contributed by atoms with Crippen LogP contribution in [0, 0.1) is 6.92 Å². The highest BCUT2D eigenvalue weighted by molar-refractivity contribution is 5.44. The third-order valence-electron chi connectivity index (χ3n) is 4.68. The summed E-state index contributed by atoms with van der Waals surface area (Å²) < 4.78 is 39.4. The van der Waals surface area contributed by atoms with Crippen LogP contribution in [0.3, 0.4) is 0 Å². The summed E-state index contributed by atoms with van der Waals surface area (Å²) in [4.78, 5) is 12.4. The van der Waals surface area contributed by atoms with Gasteiger partial charge in [0.2, 0.25) is 0 Å². The van der Waals surface area contributed by atoms with E-state index in [1.807, 2.05) is 13.0 Å². The molecule has 0 atom stereocenters. The van der Waals surface area contributed by atoms with E-state index in [2.05, 4.69) is 5.32 Å². The third kappa shape index (κ3) is 4.24. The molecular weight excluding hydrogens is 329 g/mol. The first-order chi connectivity index (χ1) is 11.8. The predicted molar refractivity (Wildman–Crippen MR) is 91.9 cm³/mol. The van der Waals surface area contributed by atoms with E-state index in [-0.39, 0.29) is 12.1 Å². The maximum absolute atomic E-state index is 12.6. The lowest BCUT2D eigenvalue weighted by Crippen LogP contribution is -2.24. The molecule has 1 aliphatic carbocycles. The Morgan fingerprint density at radius 2 is 1.76 bits per heavy atom. The van der Waals surface area contributed by atoms with Crippen molar-refractivity contribution < 1.29 is 13.2 Å². The van der Waals surface area contributed by atoms with Crippen molar-refractivity contribution in [2.75, 3.05) is 5.32 Å². The molecule has 1 heterocycles. The van der Waals surface area contributed by atoms with Gasteiger partial charge in [-0.25, -0.2) is 0 Å². The number of anilines is 1. The highest BCUT2D eigenvalue weighted by Crippen LogP contribution is 2.29. The van der Waals surface area contributed by atoms with Gasteiger partial charge in [-0.1, -0.05) is 25.0 Å². The van der Waals surface area contributed by atoms with Gasteiger partial charge in [0.1, 0.15) is 0 Å². The highest BCUT2D eigenvalue weighted by Gasteiger charge is 2.29. The summed E-state index contributed by atoms with van der Waals surface area (Å²) in [6.07, 6.45) is 0.309. The SMILES string of the molecule is Cc1cc(NC2CCCC2)cc(=O)n1Cc1ccc(C(F)(F)F)cc1. The number of halogens is 3. The maximum Gasteiger partial charge on any atom is 0.416 e. The van der Waals surface area contributed by atoms with Crippen LogP contribution in [-0.2, 0) is 12.7 Å². The summed E-state index contributed by atoms with van der Waals surface area (Å²) in [5.74, 6) is 0. The molecule has 6 heteroatoms. The van der Waals surface area contributed by atoms with E-state index in [9.17, 15) is 18.0 Å². The molecule has 0 aliphatic heterocycles. The molecule has 3 rings (SSSR count). The number of hydrogen-bond acceptors (Lipinski definition) is 2. The molecule has 1 aromatic heterocycles. The summed E-state index contributed by atoms with van der Waals surface area (Å²) in [5, 5.41) is 3.40. The van der Waals surface area contributed by atoms with Crippen molar-refractivity contribution in [1.82, 2.24) is 4.57 Å². The van der Waals surface area contributed by atoms with Gasteiger partial charge in [0.15, 0.2) is 0 Å². The Morgan fingerprint density at radius 1 is 1.12 bits per heavy atom. The molecule has 1 fully saturated rings. The third-order valence-corrected chi connectivity index (χ3v) is 4.68. The minimum Gasteiger partial charge on any atom is -0.382 e. The van der Waals surface area contributed by atoms with Gasteiger partial charge in [-0.05, 0) is 43.5 Å². The molecular formula is C19H21F3N2O.